The van der Waals surface area contributed by atoms with E-state index in [-0.39, 0.29) is 0 Å². The van der Waals surface area contributed by atoms with Crippen LogP contribution in [0.15, 0.2) is 12.3 Å². The van der Waals surface area contributed by atoms with Crippen LogP contribution in [-0.4, -0.2) is 31.1 Å². The minimum Gasteiger partial charge on any atom is -0.388 e. The molecule has 2 rings (SSSR count). The van der Waals surface area contributed by atoms with Crippen molar-refractivity contribution in [3.63, 3.8) is 0 Å². The normalized spacial score (nSPS) is 24.6. The van der Waals surface area contributed by atoms with E-state index in [1.165, 1.54) is 44.6 Å². The summed E-state index contributed by atoms with van der Waals surface area (Å²) in [6.45, 7) is 15.3. The first-order valence-electron chi connectivity index (χ1n) is 6.42. The van der Waals surface area contributed by atoms with E-state index in [2.05, 4.69) is 23.7 Å². The second kappa shape index (κ2) is 5.55. The largest absolute Gasteiger partial charge is 0.388 e. The Morgan fingerprint density at radius 1 is 1.27 bits per heavy atom. The van der Waals surface area contributed by atoms with Gasteiger partial charge in [-0.05, 0) is 38.9 Å². The number of nitrogens with one attached hydrogen (secondary N) is 1. The van der Waals surface area contributed by atoms with Gasteiger partial charge in [-0.3, -0.25) is 0 Å². The van der Waals surface area contributed by atoms with Gasteiger partial charge in [0.2, 0.25) is 0 Å². The second-order valence-electron chi connectivity index (χ2n) is 4.37. The molecule has 0 aromatic rings. The molecule has 0 amide bonds. The van der Waals surface area contributed by atoms with Crippen molar-refractivity contribution in [3.05, 3.63) is 12.3 Å². The molecule has 0 radical (unpaired) electrons. The van der Waals surface area contributed by atoms with Gasteiger partial charge in [-0.15, -0.1) is 0 Å². The molecule has 0 unspecified atom stereocenters. The highest BCUT2D eigenvalue weighted by atomic mass is 15.1. The summed E-state index contributed by atoms with van der Waals surface area (Å²) in [5, 5.41) is 3.40. The summed E-state index contributed by atoms with van der Waals surface area (Å²) in [4.78, 5) is 2.54. The molecule has 1 spiro atoms. The van der Waals surface area contributed by atoms with Crippen LogP contribution in [0, 0.1) is 5.41 Å². The van der Waals surface area contributed by atoms with Gasteiger partial charge in [0.15, 0.2) is 0 Å². The minimum atomic E-state index is 0.464. The first kappa shape index (κ1) is 12.6. The van der Waals surface area contributed by atoms with Crippen LogP contribution in [0.25, 0.3) is 0 Å². The molecule has 0 aromatic carbocycles. The van der Waals surface area contributed by atoms with Crippen molar-refractivity contribution < 1.29 is 0 Å². The van der Waals surface area contributed by atoms with Crippen molar-refractivity contribution in [2.24, 2.45) is 5.41 Å². The molecule has 2 fully saturated rings. The van der Waals surface area contributed by atoms with Gasteiger partial charge in [0, 0.05) is 17.7 Å². The SMILES string of the molecule is C=C1NCCC12CCN(CC)CC2.CC. The Hall–Kier alpha value is -0.500. The number of allylic oxidation sites excluding steroid dienone is 1. The van der Waals surface area contributed by atoms with Crippen LogP contribution in [0.5, 0.6) is 0 Å². The molecular weight excluding hydrogens is 184 g/mol. The molecule has 0 atom stereocenters. The van der Waals surface area contributed by atoms with Crippen LogP contribution in [0.4, 0.5) is 0 Å². The molecule has 15 heavy (non-hydrogen) atoms. The maximum atomic E-state index is 4.15. The predicted octanol–water partition coefficient (Wildman–Crippen LogP) is 2.62. The third-order valence-corrected chi connectivity index (χ3v) is 3.84. The van der Waals surface area contributed by atoms with Gasteiger partial charge in [0.05, 0.1) is 0 Å². The van der Waals surface area contributed by atoms with E-state index < -0.39 is 0 Å². The number of rotatable bonds is 1. The standard InChI is InChI=1S/C11H20N2.C2H6/c1-3-13-8-5-11(6-9-13)4-7-12-10(11)2;1-2/h12H,2-9H2,1H3;1-2H3. The van der Waals surface area contributed by atoms with Crippen molar-refractivity contribution in [2.45, 2.75) is 40.0 Å². The zero-order chi connectivity index (χ0) is 11.3. The number of nitrogens with zero attached hydrogens (tertiary/aromatic N) is 1. The number of piperidine rings is 1. The van der Waals surface area contributed by atoms with Crippen LogP contribution >= 0.6 is 0 Å². The third kappa shape index (κ3) is 2.54. The van der Waals surface area contributed by atoms with Crippen LogP contribution in [0.2, 0.25) is 0 Å². The number of hydrogen-bond donors (Lipinski definition) is 1. The number of hydrogen-bond acceptors (Lipinski definition) is 2. The summed E-state index contributed by atoms with van der Waals surface area (Å²) in [5.74, 6) is 0. The predicted molar refractivity (Wildman–Crippen MR) is 66.9 cm³/mol. The molecule has 88 valence electrons. The lowest BCUT2D eigenvalue weighted by molar-refractivity contribution is 0.142. The van der Waals surface area contributed by atoms with E-state index in [4.69, 9.17) is 0 Å². The Balaban J connectivity index is 0.000000531. The molecule has 0 bridgehead atoms. The van der Waals surface area contributed by atoms with Crippen molar-refractivity contribution >= 4 is 0 Å². The van der Waals surface area contributed by atoms with E-state index in [0.717, 1.165) is 6.54 Å². The summed E-state index contributed by atoms with van der Waals surface area (Å²) in [6, 6.07) is 0. The van der Waals surface area contributed by atoms with Crippen LogP contribution in [0.3, 0.4) is 0 Å². The van der Waals surface area contributed by atoms with E-state index in [1.54, 1.807) is 0 Å². The Bertz CT molecular complexity index is 203. The highest BCUT2D eigenvalue weighted by molar-refractivity contribution is 5.15. The zero-order valence-corrected chi connectivity index (χ0v) is 10.6. The fourth-order valence-corrected chi connectivity index (χ4v) is 2.64. The smallest absolute Gasteiger partial charge is 0.0153 e. The highest BCUT2D eigenvalue weighted by Crippen LogP contribution is 2.42. The van der Waals surface area contributed by atoms with Gasteiger partial charge in [-0.1, -0.05) is 27.4 Å². The van der Waals surface area contributed by atoms with Crippen LogP contribution < -0.4 is 5.32 Å². The van der Waals surface area contributed by atoms with Crippen LogP contribution in [0.1, 0.15) is 40.0 Å². The molecule has 2 heteroatoms. The van der Waals surface area contributed by atoms with Gasteiger partial charge in [-0.25, -0.2) is 0 Å². The monoisotopic (exact) mass is 210 g/mol. The molecule has 2 nitrogen and oxygen atoms in total. The third-order valence-electron chi connectivity index (χ3n) is 3.84. The lowest BCUT2D eigenvalue weighted by Gasteiger charge is -2.39. The molecule has 0 aromatic heterocycles. The summed E-state index contributed by atoms with van der Waals surface area (Å²) >= 11 is 0. The van der Waals surface area contributed by atoms with Crippen molar-refractivity contribution in [1.29, 1.82) is 0 Å². The van der Waals surface area contributed by atoms with Crippen molar-refractivity contribution in [1.82, 2.24) is 10.2 Å². The maximum absolute atomic E-state index is 4.15. The highest BCUT2D eigenvalue weighted by Gasteiger charge is 2.39. The fraction of sp³-hybridized carbons (Fsp3) is 0.846. The quantitative estimate of drug-likeness (QED) is 0.716. The van der Waals surface area contributed by atoms with E-state index in [0.29, 0.717) is 5.41 Å². The van der Waals surface area contributed by atoms with Crippen molar-refractivity contribution in [3.8, 4) is 0 Å². The first-order valence-corrected chi connectivity index (χ1v) is 6.42. The van der Waals surface area contributed by atoms with Gasteiger partial charge < -0.3 is 10.2 Å². The Kier molecular flexibility index (Phi) is 4.65. The molecule has 2 heterocycles. The molecular formula is C13H26N2. The lowest BCUT2D eigenvalue weighted by Crippen LogP contribution is -2.39. The first-order chi connectivity index (χ1) is 7.27. The molecule has 2 aliphatic heterocycles. The molecule has 0 saturated carbocycles. The number of likely N-dealkylation sites (tertiary alicyclic amines) is 1. The minimum absolute atomic E-state index is 0.464. The molecule has 2 aliphatic rings. The van der Waals surface area contributed by atoms with Gasteiger partial charge in [0.1, 0.15) is 0 Å². The molecule has 1 N–H and O–H groups in total. The lowest BCUT2D eigenvalue weighted by atomic mass is 9.76. The molecule has 0 aliphatic carbocycles. The Morgan fingerprint density at radius 2 is 1.87 bits per heavy atom. The van der Waals surface area contributed by atoms with Crippen molar-refractivity contribution in [2.75, 3.05) is 26.2 Å². The average Bonchev–Trinajstić information content (AvgIpc) is 2.65. The molecule has 2 saturated heterocycles. The topological polar surface area (TPSA) is 15.3 Å². The summed E-state index contributed by atoms with van der Waals surface area (Å²) in [5.41, 5.74) is 1.77. The summed E-state index contributed by atoms with van der Waals surface area (Å²) in [7, 11) is 0. The van der Waals surface area contributed by atoms with Gasteiger partial charge >= 0.3 is 0 Å². The Labute approximate surface area is 94.7 Å². The maximum Gasteiger partial charge on any atom is 0.0153 e. The van der Waals surface area contributed by atoms with Gasteiger partial charge in [0.25, 0.3) is 0 Å². The van der Waals surface area contributed by atoms with E-state index in [1.807, 2.05) is 13.8 Å². The second-order valence-corrected chi connectivity index (χ2v) is 4.37. The summed E-state index contributed by atoms with van der Waals surface area (Å²) in [6.07, 6.45) is 3.93. The fourth-order valence-electron chi connectivity index (χ4n) is 2.64. The van der Waals surface area contributed by atoms with E-state index in [9.17, 15) is 0 Å². The van der Waals surface area contributed by atoms with E-state index >= 15 is 0 Å². The zero-order valence-electron chi connectivity index (χ0n) is 10.6. The van der Waals surface area contributed by atoms with Crippen LogP contribution in [-0.2, 0) is 0 Å². The Morgan fingerprint density at radius 3 is 2.27 bits per heavy atom. The summed E-state index contributed by atoms with van der Waals surface area (Å²) < 4.78 is 0. The average molecular weight is 210 g/mol. The van der Waals surface area contributed by atoms with Gasteiger partial charge in [-0.2, -0.15) is 0 Å².